The summed E-state index contributed by atoms with van der Waals surface area (Å²) in [4.78, 5) is 143. The van der Waals surface area contributed by atoms with Crippen LogP contribution in [0.5, 0.6) is 0 Å². The van der Waals surface area contributed by atoms with Gasteiger partial charge in [0.15, 0.2) is 0 Å². The third kappa shape index (κ3) is 22.0. The molecule has 0 radical (unpaired) electrons. The SMILES string of the molecule is CC[C@H](C)[C@@H](CNC(=O)C(C)(C)CNC(=O)[C@H](CN(C)Cc1ccc(NC(=O)[C@H](CCCNC(N)=O)NC(=O)C2(C(=O)NCCCCCN3C(=O)C=CC3=O)CCC2)cc1)C(C)C)[C@@H](CC(=O)N1CCC[C@H]1[C@H](OC)[C@@H](C)C(=O)N[C@@H](Cc1ccccc1)c1nccs1)OC. The Kier molecular flexibility index (Phi) is 29.8. The van der Waals surface area contributed by atoms with Crippen LogP contribution in [-0.2, 0) is 65.6 Å². The molecular weight excluding hydrogens is 1230 g/mol. The fraction of sp³-hybridized carbons (Fsp3) is 0.614. The second kappa shape index (κ2) is 37.1. The molecule has 522 valence electrons. The van der Waals surface area contributed by atoms with Gasteiger partial charge in [0.2, 0.25) is 41.4 Å². The molecule has 95 heavy (non-hydrogen) atoms. The highest BCUT2D eigenvalue weighted by molar-refractivity contribution is 7.09. The topological polar surface area (TPSA) is 322 Å². The van der Waals surface area contributed by atoms with Gasteiger partial charge in [-0.1, -0.05) is 89.9 Å². The smallest absolute Gasteiger partial charge is 0.312 e. The van der Waals surface area contributed by atoms with Crippen molar-refractivity contribution < 1.29 is 57.4 Å². The van der Waals surface area contributed by atoms with Crippen LogP contribution in [0.4, 0.5) is 10.5 Å². The van der Waals surface area contributed by atoms with Crippen molar-refractivity contribution in [3.63, 3.8) is 0 Å². The van der Waals surface area contributed by atoms with E-state index in [1.165, 1.54) is 28.4 Å². The van der Waals surface area contributed by atoms with Crippen LogP contribution in [0.25, 0.3) is 0 Å². The molecule has 25 heteroatoms. The Hall–Kier alpha value is -7.61. The molecule has 0 bridgehead atoms. The van der Waals surface area contributed by atoms with Gasteiger partial charge < -0.3 is 62.2 Å². The Morgan fingerprint density at radius 3 is 2.11 bits per heavy atom. The number of aromatic nitrogens is 1. The molecule has 9 N–H and O–H groups in total. The van der Waals surface area contributed by atoms with E-state index in [0.717, 1.165) is 29.0 Å². The summed E-state index contributed by atoms with van der Waals surface area (Å²) in [5, 5.41) is 23.3. The zero-order chi connectivity index (χ0) is 69.4. The van der Waals surface area contributed by atoms with E-state index in [1.54, 1.807) is 46.4 Å². The number of amides is 11. The van der Waals surface area contributed by atoms with Gasteiger partial charge in [-0.3, -0.25) is 48.1 Å². The van der Waals surface area contributed by atoms with Crippen LogP contribution >= 0.6 is 11.3 Å². The van der Waals surface area contributed by atoms with Gasteiger partial charge in [-0.15, -0.1) is 11.3 Å². The lowest BCUT2D eigenvalue weighted by Gasteiger charge is -2.39. The van der Waals surface area contributed by atoms with Gasteiger partial charge in [-0.2, -0.15) is 0 Å². The number of ether oxygens (including phenoxy) is 2. The first-order valence-corrected chi connectivity index (χ1v) is 34.6. The number of anilines is 1. The predicted molar refractivity (Wildman–Crippen MR) is 363 cm³/mol. The Labute approximate surface area is 564 Å². The summed E-state index contributed by atoms with van der Waals surface area (Å²) in [5.41, 5.74) is 5.35. The number of thiazole rings is 1. The Morgan fingerprint density at radius 1 is 0.800 bits per heavy atom. The maximum atomic E-state index is 14.4. The van der Waals surface area contributed by atoms with Gasteiger partial charge in [0.25, 0.3) is 11.8 Å². The molecule has 9 atom stereocenters. The average Bonchev–Trinajstić information content (AvgIpc) is 1.42. The number of urea groups is 1. The summed E-state index contributed by atoms with van der Waals surface area (Å²) in [7, 11) is 5.09. The summed E-state index contributed by atoms with van der Waals surface area (Å²) in [6.45, 7) is 16.0. The van der Waals surface area contributed by atoms with E-state index < -0.39 is 64.7 Å². The number of imide groups is 1. The van der Waals surface area contributed by atoms with E-state index in [2.05, 4.69) is 56.0 Å². The number of nitrogens with zero attached hydrogens (tertiary/aromatic N) is 4. The van der Waals surface area contributed by atoms with Crippen LogP contribution in [0, 0.1) is 40.4 Å². The standard InChI is InChI=1S/C70H104N12O12S/c1-11-46(4)51(56(93-9)40-59(85)81-37-19-24-55(81)60(94-10)47(5)61(86)78-54(64-72-35-38-95-64)39-48-21-14-12-15-22-48)41-75-65(89)69(6,7)44-76-62(87)52(45(2)3)43-80(8)42-49-25-27-50(28-26-49)77-63(88)53(23-18-34-74-68(71)92)79-67(91)70(31-20-32-70)66(90)73-33-16-13-17-36-82-57(83)29-30-58(82)84/h12,14-15,21-22,25-30,35,38,45-47,51-56,60H,11,13,16-20,23-24,31-34,36-37,39-44H2,1-10H3,(H,73,90)(H,75,89)(H,76,87)(H,77,88)(H,78,86)(H,79,91)(H3,71,74,92)/t46-,47+,51+,52+,53-,54-,55-,56+,60+/m0/s1. The molecule has 0 spiro atoms. The van der Waals surface area contributed by atoms with Gasteiger partial charge in [0.1, 0.15) is 16.5 Å². The second-order valence-electron chi connectivity index (χ2n) is 26.9. The quantitative estimate of drug-likeness (QED) is 0.0179. The molecule has 1 saturated carbocycles. The molecule has 3 heterocycles. The first-order valence-electron chi connectivity index (χ1n) is 33.7. The maximum Gasteiger partial charge on any atom is 0.312 e. The third-order valence-corrected chi connectivity index (χ3v) is 20.0. The number of methoxy groups -OCH3 is 2. The van der Waals surface area contributed by atoms with Crippen molar-refractivity contribution in [1.82, 2.24) is 51.6 Å². The number of hydrogen-bond acceptors (Lipinski definition) is 15. The lowest BCUT2D eigenvalue weighted by molar-refractivity contribution is -0.151. The van der Waals surface area contributed by atoms with Gasteiger partial charge in [-0.05, 0) is 120 Å². The van der Waals surface area contributed by atoms with Crippen LogP contribution in [0.15, 0.2) is 78.3 Å². The molecule has 2 aliphatic heterocycles. The summed E-state index contributed by atoms with van der Waals surface area (Å²) in [6.07, 6.45) is 9.46. The zero-order valence-electron chi connectivity index (χ0n) is 57.3. The second-order valence-corrected chi connectivity index (χ2v) is 27.8. The van der Waals surface area contributed by atoms with E-state index in [4.69, 9.17) is 15.2 Å². The van der Waals surface area contributed by atoms with Crippen LogP contribution < -0.4 is 43.0 Å². The minimum Gasteiger partial charge on any atom is -0.381 e. The number of likely N-dealkylation sites (tertiary alicyclic amines) is 1. The van der Waals surface area contributed by atoms with E-state index in [-0.39, 0.29) is 104 Å². The van der Waals surface area contributed by atoms with Gasteiger partial charge in [0, 0.05) is 102 Å². The van der Waals surface area contributed by atoms with Crippen LogP contribution in [0.1, 0.15) is 148 Å². The molecule has 0 unspecified atom stereocenters. The molecule has 1 saturated heterocycles. The van der Waals surface area contributed by atoms with Gasteiger partial charge in [0.05, 0.1) is 48.0 Å². The predicted octanol–water partition coefficient (Wildman–Crippen LogP) is 6.17. The molecule has 11 amide bonds. The normalized spacial score (nSPS) is 17.8. The molecule has 3 aromatic rings. The minimum absolute atomic E-state index is 0.0516. The van der Waals surface area contributed by atoms with Crippen molar-refractivity contribution in [2.75, 3.05) is 72.4 Å². The van der Waals surface area contributed by atoms with E-state index in [0.29, 0.717) is 89.7 Å². The first-order chi connectivity index (χ1) is 45.3. The van der Waals surface area contributed by atoms with Gasteiger partial charge in [-0.25, -0.2) is 9.78 Å². The lowest BCUT2D eigenvalue weighted by Crippen LogP contribution is -2.58. The fourth-order valence-electron chi connectivity index (χ4n) is 12.7. The number of unbranched alkanes of at least 4 members (excludes halogenated alkanes) is 2. The largest absolute Gasteiger partial charge is 0.381 e. The number of carbonyl (C=O) groups is 10. The number of primary amides is 1. The van der Waals surface area contributed by atoms with Crippen molar-refractivity contribution in [3.8, 4) is 0 Å². The molecular formula is C70H104N12O12S. The highest BCUT2D eigenvalue weighted by atomic mass is 32.1. The molecule has 1 aliphatic carbocycles. The van der Waals surface area contributed by atoms with Crippen molar-refractivity contribution in [3.05, 3.63) is 94.5 Å². The van der Waals surface area contributed by atoms with Crippen LogP contribution in [-0.4, -0.2) is 170 Å². The molecule has 24 nitrogen and oxygen atoms in total. The van der Waals surface area contributed by atoms with Gasteiger partial charge >= 0.3 is 6.03 Å². The molecule has 2 fully saturated rings. The van der Waals surface area contributed by atoms with E-state index in [9.17, 15) is 47.9 Å². The lowest BCUT2D eigenvalue weighted by atomic mass is 9.67. The number of nitrogens with one attached hydrogen (secondary N) is 7. The summed E-state index contributed by atoms with van der Waals surface area (Å²) in [6, 6.07) is 14.7. The number of nitrogens with two attached hydrogens (primary N) is 1. The molecule has 3 aliphatic rings. The van der Waals surface area contributed by atoms with Crippen molar-refractivity contribution in [1.29, 1.82) is 0 Å². The summed E-state index contributed by atoms with van der Waals surface area (Å²) >= 11 is 1.49. The van der Waals surface area contributed by atoms with Crippen molar-refractivity contribution in [2.24, 2.45) is 46.2 Å². The van der Waals surface area contributed by atoms with Crippen LogP contribution in [0.3, 0.4) is 0 Å². The summed E-state index contributed by atoms with van der Waals surface area (Å²) in [5.74, 6) is -4.15. The molecule has 6 rings (SSSR count). The highest BCUT2D eigenvalue weighted by Crippen LogP contribution is 2.42. The van der Waals surface area contributed by atoms with Crippen molar-refractivity contribution in [2.45, 2.75) is 169 Å². The Bertz CT molecular complexity index is 3050. The highest BCUT2D eigenvalue weighted by Gasteiger charge is 2.51. The molecule has 1 aromatic heterocycles. The fourth-order valence-corrected chi connectivity index (χ4v) is 13.4. The molecule has 2 aromatic carbocycles. The Morgan fingerprint density at radius 2 is 1.49 bits per heavy atom. The number of rotatable bonds is 40. The monoisotopic (exact) mass is 1340 g/mol. The van der Waals surface area contributed by atoms with E-state index in [1.807, 2.05) is 85.5 Å². The Balaban J connectivity index is 0.973. The zero-order valence-corrected chi connectivity index (χ0v) is 58.1. The van der Waals surface area contributed by atoms with Crippen LogP contribution in [0.2, 0.25) is 0 Å². The van der Waals surface area contributed by atoms with Crippen molar-refractivity contribution >= 4 is 76.2 Å². The minimum atomic E-state index is -1.35. The summed E-state index contributed by atoms with van der Waals surface area (Å²) < 4.78 is 12.2. The number of benzene rings is 2. The maximum absolute atomic E-state index is 14.4. The first kappa shape index (κ1) is 76.4. The third-order valence-electron chi connectivity index (χ3n) is 19.1. The number of hydrogen-bond donors (Lipinski definition) is 8. The average molecular weight is 1340 g/mol. The van der Waals surface area contributed by atoms with E-state index >= 15 is 0 Å². The number of carbonyl (C=O) groups excluding carboxylic acids is 10.